The van der Waals surface area contributed by atoms with Crippen LogP contribution in [0.2, 0.25) is 0 Å². The summed E-state index contributed by atoms with van der Waals surface area (Å²) in [6.07, 6.45) is -4.75. The third-order valence-electron chi connectivity index (χ3n) is 5.69. The van der Waals surface area contributed by atoms with Crippen LogP contribution in [0.4, 0.5) is 27.8 Å². The zero-order valence-electron chi connectivity index (χ0n) is 16.3. The Morgan fingerprint density at radius 3 is 2.65 bits per heavy atom. The Balaban J connectivity index is 1.73. The fraction of sp³-hybridized carbons (Fsp3) is 0.474. The largest absolute Gasteiger partial charge is 0.396 e. The topological polar surface area (TPSA) is 79.4 Å². The molecular weight excluding hydrogens is 423 g/mol. The van der Waals surface area contributed by atoms with Crippen molar-refractivity contribution in [1.82, 2.24) is 24.6 Å². The van der Waals surface area contributed by atoms with Crippen molar-refractivity contribution in [2.75, 3.05) is 18.1 Å². The fourth-order valence-electron chi connectivity index (χ4n) is 3.88. The molecule has 12 heteroatoms. The molecule has 7 nitrogen and oxygen atoms in total. The Labute approximate surface area is 173 Å². The molecule has 0 aliphatic carbocycles. The maximum absolute atomic E-state index is 13.4. The minimum absolute atomic E-state index is 0.163. The molecule has 4 rings (SSSR count). The van der Waals surface area contributed by atoms with Gasteiger partial charge in [-0.2, -0.15) is 18.3 Å². The van der Waals surface area contributed by atoms with E-state index in [9.17, 15) is 27.1 Å². The van der Waals surface area contributed by atoms with E-state index in [-0.39, 0.29) is 31.1 Å². The first kappa shape index (κ1) is 21.3. The summed E-state index contributed by atoms with van der Waals surface area (Å²) in [6, 6.07) is 3.65. The number of fused-ring (bicyclic) bond motifs is 1. The predicted octanol–water partition coefficient (Wildman–Crippen LogP) is 3.51. The minimum atomic E-state index is -4.40. The van der Waals surface area contributed by atoms with Crippen molar-refractivity contribution in [3.05, 3.63) is 36.4 Å². The van der Waals surface area contributed by atoms with Gasteiger partial charge in [0.15, 0.2) is 5.65 Å². The first-order valence-electron chi connectivity index (χ1n) is 9.58. The number of halogens is 5. The highest BCUT2D eigenvalue weighted by atomic mass is 19.4. The van der Waals surface area contributed by atoms with Gasteiger partial charge in [0.1, 0.15) is 23.5 Å². The van der Waals surface area contributed by atoms with Crippen LogP contribution >= 0.6 is 0 Å². The SMILES string of the molecule is CC1[C@H](CO)C[C@@H](C(F)(F)F)CN1c1cc(-c2cnc3ccc(C(F)F)nn23)ncn1. The maximum atomic E-state index is 13.4. The highest BCUT2D eigenvalue weighted by Crippen LogP contribution is 2.39. The van der Waals surface area contributed by atoms with Crippen LogP contribution in [0.15, 0.2) is 30.7 Å². The van der Waals surface area contributed by atoms with Gasteiger partial charge >= 0.3 is 6.18 Å². The van der Waals surface area contributed by atoms with Crippen molar-refractivity contribution < 1.29 is 27.1 Å². The summed E-state index contributed by atoms with van der Waals surface area (Å²) in [4.78, 5) is 13.9. The average Bonchev–Trinajstić information content (AvgIpc) is 3.16. The molecular formula is C19H19F5N6O. The number of piperidine rings is 1. The van der Waals surface area contributed by atoms with Gasteiger partial charge in [-0.25, -0.2) is 28.2 Å². The number of rotatable bonds is 4. The van der Waals surface area contributed by atoms with Gasteiger partial charge in [-0.1, -0.05) is 0 Å². The molecule has 1 aliphatic heterocycles. The molecule has 0 radical (unpaired) electrons. The number of hydrogen-bond donors (Lipinski definition) is 1. The standard InChI is InChI=1S/C19H19F5N6O/c1-10-11(8-31)4-12(19(22,23)24)7-29(10)17-5-14(26-9-27-17)15-6-25-16-3-2-13(18(20)21)28-30(15)16/h2-3,5-6,9-12,18,31H,4,7-8H2,1H3/t10?,11-,12+/m0/s1. The second kappa shape index (κ2) is 7.98. The lowest BCUT2D eigenvalue weighted by Crippen LogP contribution is -2.52. The van der Waals surface area contributed by atoms with Gasteiger partial charge in [-0.05, 0) is 25.5 Å². The molecule has 0 saturated carbocycles. The fourth-order valence-corrected chi connectivity index (χ4v) is 3.88. The van der Waals surface area contributed by atoms with E-state index < -0.39 is 36.2 Å². The van der Waals surface area contributed by atoms with Crippen LogP contribution in [0, 0.1) is 11.8 Å². The van der Waals surface area contributed by atoms with Gasteiger partial charge < -0.3 is 10.0 Å². The number of nitrogens with zero attached hydrogens (tertiary/aromatic N) is 6. The Bertz CT molecular complexity index is 1070. The van der Waals surface area contributed by atoms with E-state index in [1.165, 1.54) is 40.1 Å². The number of hydrogen-bond acceptors (Lipinski definition) is 6. The molecule has 0 bridgehead atoms. The number of aromatic nitrogens is 5. The van der Waals surface area contributed by atoms with Crippen LogP contribution in [0.25, 0.3) is 17.0 Å². The molecule has 0 amide bonds. The second-order valence-electron chi connectivity index (χ2n) is 7.54. The lowest BCUT2D eigenvalue weighted by molar-refractivity contribution is -0.181. The summed E-state index contributed by atoms with van der Waals surface area (Å²) in [6.45, 7) is 1.05. The number of anilines is 1. The molecule has 1 saturated heterocycles. The molecule has 1 unspecified atom stereocenters. The summed E-state index contributed by atoms with van der Waals surface area (Å²) in [5.41, 5.74) is 0.461. The van der Waals surface area contributed by atoms with E-state index in [0.29, 0.717) is 11.3 Å². The van der Waals surface area contributed by atoms with Crippen LogP contribution in [0.3, 0.4) is 0 Å². The Morgan fingerprint density at radius 1 is 1.19 bits per heavy atom. The average molecular weight is 442 g/mol. The maximum Gasteiger partial charge on any atom is 0.393 e. The first-order valence-corrected chi connectivity index (χ1v) is 9.58. The zero-order valence-corrected chi connectivity index (χ0v) is 16.3. The molecule has 166 valence electrons. The number of aliphatic hydroxyl groups excluding tert-OH is 1. The summed E-state index contributed by atoms with van der Waals surface area (Å²) in [7, 11) is 0. The van der Waals surface area contributed by atoms with Gasteiger partial charge in [0.2, 0.25) is 0 Å². The Morgan fingerprint density at radius 2 is 1.97 bits per heavy atom. The molecule has 3 aromatic rings. The third-order valence-corrected chi connectivity index (χ3v) is 5.69. The van der Waals surface area contributed by atoms with E-state index >= 15 is 0 Å². The van der Waals surface area contributed by atoms with Gasteiger partial charge in [-0.15, -0.1) is 0 Å². The predicted molar refractivity (Wildman–Crippen MR) is 101 cm³/mol. The van der Waals surface area contributed by atoms with Crippen LogP contribution < -0.4 is 4.90 Å². The normalized spacial score (nSPS) is 22.5. The van der Waals surface area contributed by atoms with Crippen molar-refractivity contribution in [2.24, 2.45) is 11.8 Å². The second-order valence-corrected chi connectivity index (χ2v) is 7.54. The van der Waals surface area contributed by atoms with E-state index in [1.54, 1.807) is 6.92 Å². The van der Waals surface area contributed by atoms with Crippen LogP contribution in [0.1, 0.15) is 25.5 Å². The van der Waals surface area contributed by atoms with E-state index in [0.717, 1.165) is 0 Å². The van der Waals surface area contributed by atoms with Crippen molar-refractivity contribution in [3.63, 3.8) is 0 Å². The monoisotopic (exact) mass is 442 g/mol. The molecule has 3 atom stereocenters. The summed E-state index contributed by atoms with van der Waals surface area (Å²) >= 11 is 0. The van der Waals surface area contributed by atoms with Gasteiger partial charge in [0.25, 0.3) is 6.43 Å². The van der Waals surface area contributed by atoms with Gasteiger partial charge in [0, 0.05) is 31.2 Å². The van der Waals surface area contributed by atoms with Crippen LogP contribution in [-0.4, -0.2) is 55.0 Å². The minimum Gasteiger partial charge on any atom is -0.396 e. The van der Waals surface area contributed by atoms with E-state index in [4.69, 9.17) is 0 Å². The van der Waals surface area contributed by atoms with Crippen molar-refractivity contribution >= 4 is 11.5 Å². The van der Waals surface area contributed by atoms with Crippen LogP contribution in [-0.2, 0) is 0 Å². The lowest BCUT2D eigenvalue weighted by atomic mass is 9.83. The smallest absolute Gasteiger partial charge is 0.393 e. The molecule has 1 fully saturated rings. The van der Waals surface area contributed by atoms with Crippen molar-refractivity contribution in [1.29, 1.82) is 0 Å². The van der Waals surface area contributed by atoms with Gasteiger partial charge in [-0.3, -0.25) is 0 Å². The number of imidazole rings is 1. The number of aliphatic hydroxyl groups is 1. The summed E-state index contributed by atoms with van der Waals surface area (Å²) in [5, 5.41) is 13.5. The molecule has 4 heterocycles. The summed E-state index contributed by atoms with van der Waals surface area (Å²) < 4.78 is 67.6. The summed E-state index contributed by atoms with van der Waals surface area (Å²) in [5.74, 6) is -1.94. The molecule has 1 N–H and O–H groups in total. The quantitative estimate of drug-likeness (QED) is 0.623. The first-order chi connectivity index (χ1) is 14.7. The van der Waals surface area contributed by atoms with Crippen molar-refractivity contribution in [2.45, 2.75) is 32.0 Å². The molecule has 0 spiro atoms. The highest BCUT2D eigenvalue weighted by molar-refractivity contribution is 5.62. The zero-order chi connectivity index (χ0) is 22.3. The lowest BCUT2D eigenvalue weighted by Gasteiger charge is -2.43. The molecule has 1 aliphatic rings. The van der Waals surface area contributed by atoms with E-state index in [2.05, 4.69) is 20.1 Å². The van der Waals surface area contributed by atoms with Crippen LogP contribution in [0.5, 0.6) is 0 Å². The Kier molecular flexibility index (Phi) is 5.50. The van der Waals surface area contributed by atoms with Crippen molar-refractivity contribution in [3.8, 4) is 11.4 Å². The number of alkyl halides is 5. The van der Waals surface area contributed by atoms with E-state index in [1.807, 2.05) is 0 Å². The third kappa shape index (κ3) is 4.03. The molecule has 31 heavy (non-hydrogen) atoms. The Hall–Kier alpha value is -2.89. The van der Waals surface area contributed by atoms with Gasteiger partial charge in [0.05, 0.1) is 17.8 Å². The molecule has 3 aromatic heterocycles. The highest BCUT2D eigenvalue weighted by Gasteiger charge is 2.47. The molecule has 0 aromatic carbocycles.